The van der Waals surface area contributed by atoms with Crippen LogP contribution in [0.4, 0.5) is 24.5 Å². The van der Waals surface area contributed by atoms with Crippen LogP contribution in [0.15, 0.2) is 77.4 Å². The number of Topliss-reactive ketones (excluding diaryl/α,β-unsaturated/α-hetero) is 1. The predicted molar refractivity (Wildman–Crippen MR) is 151 cm³/mol. The Hall–Kier alpha value is -3.70. The molecule has 7 nitrogen and oxygen atoms in total. The lowest BCUT2D eigenvalue weighted by Crippen LogP contribution is -2.17. The third-order valence-corrected chi connectivity index (χ3v) is 6.65. The third-order valence-electron chi connectivity index (χ3n) is 6.09. The van der Waals surface area contributed by atoms with Crippen LogP contribution in [0.25, 0.3) is 0 Å². The lowest BCUT2D eigenvalue weighted by molar-refractivity contribution is -0.137. The first kappa shape index (κ1) is 30.3. The maximum Gasteiger partial charge on any atom is 0.417 e. The van der Waals surface area contributed by atoms with Gasteiger partial charge in [0, 0.05) is 35.2 Å². The molecule has 1 aliphatic heterocycles. The number of alkyl halides is 3. The molecular formula is C29H24Cl2F3N3O4. The highest BCUT2D eigenvalue weighted by Gasteiger charge is 2.33. The number of carbonyl (C=O) groups excluding carboxylic acids is 2. The van der Waals surface area contributed by atoms with Gasteiger partial charge in [-0.25, -0.2) is 0 Å². The molecule has 214 valence electrons. The highest BCUT2D eigenvalue weighted by atomic mass is 35.5. The van der Waals surface area contributed by atoms with E-state index in [1.54, 1.807) is 18.2 Å². The number of hydrogen-bond donors (Lipinski definition) is 2. The Morgan fingerprint density at radius 1 is 1.12 bits per heavy atom. The molecule has 3 aromatic carbocycles. The molecule has 4 rings (SSSR count). The molecule has 1 fully saturated rings. The van der Waals surface area contributed by atoms with E-state index in [-0.39, 0.29) is 33.6 Å². The average molecular weight is 606 g/mol. The number of nitrogens with two attached hydrogens (primary N) is 1. The normalized spacial score (nSPS) is 15.8. The van der Waals surface area contributed by atoms with Gasteiger partial charge in [-0.1, -0.05) is 35.3 Å². The van der Waals surface area contributed by atoms with Crippen molar-refractivity contribution in [2.45, 2.75) is 25.3 Å². The quantitative estimate of drug-likeness (QED) is 0.155. The summed E-state index contributed by atoms with van der Waals surface area (Å²) in [6, 6.07) is 14.2. The van der Waals surface area contributed by atoms with Crippen LogP contribution in [0.3, 0.4) is 0 Å². The van der Waals surface area contributed by atoms with Crippen LogP contribution in [0.1, 0.15) is 38.3 Å². The van der Waals surface area contributed by atoms with Gasteiger partial charge in [-0.05, 0) is 60.5 Å². The van der Waals surface area contributed by atoms with Crippen LogP contribution in [-0.4, -0.2) is 37.2 Å². The second-order valence-electron chi connectivity index (χ2n) is 9.01. The van der Waals surface area contributed by atoms with Crippen molar-refractivity contribution in [1.82, 2.24) is 0 Å². The van der Waals surface area contributed by atoms with Gasteiger partial charge in [0.15, 0.2) is 5.78 Å². The highest BCUT2D eigenvalue weighted by Crippen LogP contribution is 2.36. The van der Waals surface area contributed by atoms with E-state index in [0.717, 1.165) is 36.5 Å². The largest absolute Gasteiger partial charge is 0.417 e. The zero-order valence-corrected chi connectivity index (χ0v) is 22.9. The molecule has 1 unspecified atom stereocenters. The van der Waals surface area contributed by atoms with Crippen molar-refractivity contribution in [3.8, 4) is 0 Å². The summed E-state index contributed by atoms with van der Waals surface area (Å²) >= 11 is 11.8. The summed E-state index contributed by atoms with van der Waals surface area (Å²) in [7, 11) is 0. The number of amides is 1. The predicted octanol–water partition coefficient (Wildman–Crippen LogP) is 7.00. The summed E-state index contributed by atoms with van der Waals surface area (Å²) in [4.78, 5) is 30.4. The number of nitrogens with zero attached hydrogens (tertiary/aromatic N) is 1. The molecule has 0 aromatic heterocycles. The standard InChI is InChI=1S/C29H24Cl2F3N3O4/c30-20-4-7-26(37-28(39)18-3-1-2-17(10-18)15-41-22-8-9-40-16-22)23(11-20)27(38)19(13-35)14-36-21-5-6-25(31)24(12-21)29(32,33)34/h1-7,10-14,22H,8-9,15-16,35H2,(H,37,39)/b19-13+,36-14?. The van der Waals surface area contributed by atoms with Gasteiger partial charge in [-0.2, -0.15) is 13.2 Å². The summed E-state index contributed by atoms with van der Waals surface area (Å²) in [5.41, 5.74) is 5.61. The van der Waals surface area contributed by atoms with Crippen molar-refractivity contribution in [3.63, 3.8) is 0 Å². The van der Waals surface area contributed by atoms with Gasteiger partial charge in [-0.15, -0.1) is 0 Å². The Balaban J connectivity index is 1.52. The SMILES string of the molecule is N/C=C(\C=Nc1ccc(Cl)c(C(F)(F)F)c1)C(=O)c1cc(Cl)ccc1NC(=O)c1cccc(COC2CCOC2)c1. The minimum atomic E-state index is -4.68. The van der Waals surface area contributed by atoms with Crippen molar-refractivity contribution in [3.05, 3.63) is 105 Å². The lowest BCUT2D eigenvalue weighted by Gasteiger charge is -2.13. The smallest absolute Gasteiger partial charge is 0.404 e. The molecule has 12 heteroatoms. The molecule has 41 heavy (non-hydrogen) atoms. The van der Waals surface area contributed by atoms with E-state index in [0.29, 0.717) is 25.4 Å². The minimum Gasteiger partial charge on any atom is -0.404 e. The molecule has 0 aliphatic carbocycles. The Bertz CT molecular complexity index is 1500. The monoisotopic (exact) mass is 605 g/mol. The maximum absolute atomic E-state index is 13.4. The topological polar surface area (TPSA) is 103 Å². The molecule has 1 aliphatic rings. The number of aliphatic imine (C=N–C) groups is 1. The number of hydrogen-bond acceptors (Lipinski definition) is 6. The number of allylic oxidation sites excluding steroid dienone is 1. The minimum absolute atomic E-state index is 0.00167. The van der Waals surface area contributed by atoms with E-state index in [1.807, 2.05) is 6.07 Å². The second kappa shape index (κ2) is 13.3. The number of nitrogens with one attached hydrogen (secondary N) is 1. The van der Waals surface area contributed by atoms with E-state index in [4.69, 9.17) is 38.4 Å². The number of rotatable bonds is 9. The van der Waals surface area contributed by atoms with Crippen molar-refractivity contribution in [2.24, 2.45) is 10.7 Å². The fourth-order valence-electron chi connectivity index (χ4n) is 3.96. The summed E-state index contributed by atoms with van der Waals surface area (Å²) < 4.78 is 50.7. The van der Waals surface area contributed by atoms with Gasteiger partial charge in [0.05, 0.1) is 46.9 Å². The van der Waals surface area contributed by atoms with E-state index >= 15 is 0 Å². The molecule has 1 saturated heterocycles. The van der Waals surface area contributed by atoms with Crippen molar-refractivity contribution in [2.75, 3.05) is 18.5 Å². The number of carbonyl (C=O) groups is 2. The van der Waals surface area contributed by atoms with Gasteiger partial charge in [0.2, 0.25) is 0 Å². The Morgan fingerprint density at radius 3 is 2.63 bits per heavy atom. The zero-order valence-electron chi connectivity index (χ0n) is 21.4. The Kier molecular flexibility index (Phi) is 9.82. The van der Waals surface area contributed by atoms with Crippen LogP contribution < -0.4 is 11.1 Å². The number of ketones is 1. The molecule has 3 aromatic rings. The Labute approximate surface area is 243 Å². The molecule has 1 amide bonds. The molecule has 0 saturated carbocycles. The third kappa shape index (κ3) is 7.95. The van der Waals surface area contributed by atoms with Crippen molar-refractivity contribution in [1.29, 1.82) is 0 Å². The van der Waals surface area contributed by atoms with Crippen molar-refractivity contribution >= 4 is 52.5 Å². The van der Waals surface area contributed by atoms with Crippen LogP contribution in [0.5, 0.6) is 0 Å². The molecule has 3 N–H and O–H groups in total. The number of anilines is 1. The van der Waals surface area contributed by atoms with Gasteiger partial charge < -0.3 is 20.5 Å². The molecule has 0 radical (unpaired) electrons. The first-order valence-electron chi connectivity index (χ1n) is 12.3. The van der Waals surface area contributed by atoms with Crippen LogP contribution in [-0.2, 0) is 22.3 Å². The van der Waals surface area contributed by atoms with Crippen LogP contribution in [0.2, 0.25) is 10.0 Å². The molecule has 1 heterocycles. The van der Waals surface area contributed by atoms with E-state index < -0.39 is 28.5 Å². The van der Waals surface area contributed by atoms with Crippen LogP contribution in [0, 0.1) is 0 Å². The summed E-state index contributed by atoms with van der Waals surface area (Å²) in [6.45, 7) is 1.50. The van der Waals surface area contributed by atoms with E-state index in [9.17, 15) is 22.8 Å². The number of ether oxygens (including phenoxy) is 2. The fraction of sp³-hybridized carbons (Fsp3) is 0.207. The summed E-state index contributed by atoms with van der Waals surface area (Å²) in [5, 5.41) is 2.44. The van der Waals surface area contributed by atoms with E-state index in [2.05, 4.69) is 10.3 Å². The fourth-order valence-corrected chi connectivity index (χ4v) is 4.35. The molecule has 0 spiro atoms. The summed E-state index contributed by atoms with van der Waals surface area (Å²) in [5.74, 6) is -1.15. The van der Waals surface area contributed by atoms with Gasteiger partial charge in [0.1, 0.15) is 0 Å². The molecule has 0 bridgehead atoms. The first-order chi connectivity index (χ1) is 19.5. The molecular weight excluding hydrogens is 582 g/mol. The first-order valence-corrected chi connectivity index (χ1v) is 13.1. The summed E-state index contributed by atoms with van der Waals surface area (Å²) in [6.07, 6.45) is -1.88. The van der Waals surface area contributed by atoms with Gasteiger partial charge >= 0.3 is 6.18 Å². The lowest BCUT2D eigenvalue weighted by atomic mass is 10.0. The van der Waals surface area contributed by atoms with Gasteiger partial charge in [0.25, 0.3) is 5.91 Å². The van der Waals surface area contributed by atoms with Crippen molar-refractivity contribution < 1.29 is 32.2 Å². The average Bonchev–Trinajstić information content (AvgIpc) is 3.47. The number of halogens is 5. The Morgan fingerprint density at radius 2 is 1.93 bits per heavy atom. The molecule has 1 atom stereocenters. The highest BCUT2D eigenvalue weighted by molar-refractivity contribution is 6.32. The maximum atomic E-state index is 13.4. The zero-order chi connectivity index (χ0) is 29.6. The number of benzene rings is 3. The van der Waals surface area contributed by atoms with Gasteiger partial charge in [-0.3, -0.25) is 14.6 Å². The van der Waals surface area contributed by atoms with Crippen LogP contribution >= 0.6 is 23.2 Å². The second-order valence-corrected chi connectivity index (χ2v) is 9.86. The van der Waals surface area contributed by atoms with E-state index in [1.165, 1.54) is 24.3 Å².